The predicted octanol–water partition coefficient (Wildman–Crippen LogP) is 2.43. The van der Waals surface area contributed by atoms with Gasteiger partial charge < -0.3 is 4.74 Å². The lowest BCUT2D eigenvalue weighted by atomic mass is 10.2. The van der Waals surface area contributed by atoms with Crippen LogP contribution < -0.4 is 0 Å². The number of carbonyl (C=O) groups excluding carboxylic acids is 1. The molecule has 1 aromatic rings. The summed E-state index contributed by atoms with van der Waals surface area (Å²) < 4.78 is 33.3. The van der Waals surface area contributed by atoms with Gasteiger partial charge in [0.2, 0.25) is 0 Å². The molecule has 0 heterocycles. The molecule has 0 fully saturated rings. The average molecular weight is 300 g/mol. The molecule has 0 aromatic heterocycles. The van der Waals surface area contributed by atoms with Crippen molar-refractivity contribution in [2.24, 2.45) is 0 Å². The highest BCUT2D eigenvalue weighted by atomic mass is 32.2. The lowest BCUT2D eigenvalue weighted by Gasteiger charge is -2.06. The van der Waals surface area contributed by atoms with Gasteiger partial charge in [-0.2, -0.15) is 8.42 Å². The van der Waals surface area contributed by atoms with E-state index in [1.54, 1.807) is 19.1 Å². The first kappa shape index (κ1) is 16.7. The number of esters is 1. The zero-order valence-electron chi connectivity index (χ0n) is 11.8. The summed E-state index contributed by atoms with van der Waals surface area (Å²) in [5.74, 6) is -0.270. The van der Waals surface area contributed by atoms with E-state index in [-0.39, 0.29) is 23.9 Å². The fourth-order valence-corrected chi connectivity index (χ4v) is 2.49. The molecule has 0 spiro atoms. The van der Waals surface area contributed by atoms with Crippen LogP contribution >= 0.6 is 0 Å². The maximum Gasteiger partial charge on any atom is 0.305 e. The Hall–Kier alpha value is -1.40. The normalized spacial score (nSPS) is 11.3. The molecule has 0 unspecified atom stereocenters. The van der Waals surface area contributed by atoms with E-state index in [1.807, 2.05) is 6.92 Å². The zero-order chi connectivity index (χ0) is 15.0. The maximum atomic E-state index is 11.8. The quantitative estimate of drug-likeness (QED) is 0.419. The van der Waals surface area contributed by atoms with Crippen molar-refractivity contribution in [3.63, 3.8) is 0 Å². The summed E-state index contributed by atoms with van der Waals surface area (Å²) in [7, 11) is -3.70. The Balaban J connectivity index is 2.34. The van der Waals surface area contributed by atoms with Crippen LogP contribution in [-0.2, 0) is 23.8 Å². The van der Waals surface area contributed by atoms with Crippen LogP contribution in [0.1, 0.15) is 31.7 Å². The molecule has 0 amide bonds. The van der Waals surface area contributed by atoms with Crippen LogP contribution in [0.5, 0.6) is 0 Å². The van der Waals surface area contributed by atoms with Gasteiger partial charge >= 0.3 is 5.97 Å². The van der Waals surface area contributed by atoms with Crippen LogP contribution in [0.25, 0.3) is 0 Å². The molecule has 0 bridgehead atoms. The van der Waals surface area contributed by atoms with Gasteiger partial charge in [0, 0.05) is 6.42 Å². The molecule has 0 radical (unpaired) electrons. The first-order valence-corrected chi connectivity index (χ1v) is 7.98. The van der Waals surface area contributed by atoms with Crippen molar-refractivity contribution in [2.75, 3.05) is 13.2 Å². The minimum atomic E-state index is -3.70. The number of hydrogen-bond acceptors (Lipinski definition) is 5. The van der Waals surface area contributed by atoms with E-state index in [2.05, 4.69) is 0 Å². The molecular formula is C14H20O5S. The first-order valence-electron chi connectivity index (χ1n) is 6.57. The van der Waals surface area contributed by atoms with E-state index in [0.29, 0.717) is 19.4 Å². The lowest BCUT2D eigenvalue weighted by Crippen LogP contribution is -2.09. The van der Waals surface area contributed by atoms with Crippen LogP contribution in [0.3, 0.4) is 0 Å². The number of rotatable bonds is 8. The molecule has 5 nitrogen and oxygen atoms in total. The van der Waals surface area contributed by atoms with E-state index in [4.69, 9.17) is 8.92 Å². The average Bonchev–Trinajstić information content (AvgIpc) is 2.39. The summed E-state index contributed by atoms with van der Waals surface area (Å²) in [5.41, 5.74) is 0.985. The van der Waals surface area contributed by atoms with Gasteiger partial charge in [0.05, 0.1) is 18.1 Å². The summed E-state index contributed by atoms with van der Waals surface area (Å²) in [4.78, 5) is 11.2. The second-order valence-electron chi connectivity index (χ2n) is 4.35. The van der Waals surface area contributed by atoms with Crippen molar-refractivity contribution in [1.29, 1.82) is 0 Å². The summed E-state index contributed by atoms with van der Waals surface area (Å²) in [6.45, 7) is 4.05. The number of ether oxygens (including phenoxy) is 1. The van der Waals surface area contributed by atoms with E-state index >= 15 is 0 Å². The zero-order valence-corrected chi connectivity index (χ0v) is 12.6. The molecule has 112 valence electrons. The molecule has 1 rings (SSSR count). The molecule has 0 aliphatic rings. The summed E-state index contributed by atoms with van der Waals surface area (Å²) in [6, 6.07) is 6.47. The topological polar surface area (TPSA) is 69.7 Å². The minimum absolute atomic E-state index is 0.0651. The Kier molecular flexibility index (Phi) is 6.67. The van der Waals surface area contributed by atoms with E-state index in [0.717, 1.165) is 5.56 Å². The summed E-state index contributed by atoms with van der Waals surface area (Å²) in [5, 5.41) is 0. The lowest BCUT2D eigenvalue weighted by molar-refractivity contribution is -0.143. The van der Waals surface area contributed by atoms with Gasteiger partial charge in [-0.25, -0.2) is 0 Å². The maximum absolute atomic E-state index is 11.8. The number of hydrogen-bond donors (Lipinski definition) is 0. The van der Waals surface area contributed by atoms with Gasteiger partial charge in [0.25, 0.3) is 10.1 Å². The molecule has 0 saturated heterocycles. The second-order valence-corrected chi connectivity index (χ2v) is 5.97. The highest BCUT2D eigenvalue weighted by molar-refractivity contribution is 7.86. The highest BCUT2D eigenvalue weighted by Crippen LogP contribution is 2.13. The Bertz CT molecular complexity index is 519. The van der Waals surface area contributed by atoms with Gasteiger partial charge in [-0.15, -0.1) is 0 Å². The first-order chi connectivity index (χ1) is 9.45. The Morgan fingerprint density at radius 3 is 2.40 bits per heavy atom. The SMILES string of the molecule is CCOC(=O)CCCCOS(=O)(=O)c1ccc(C)cc1. The van der Waals surface area contributed by atoms with Crippen molar-refractivity contribution in [1.82, 2.24) is 0 Å². The standard InChI is InChI=1S/C14H20O5S/c1-3-18-14(15)6-4-5-11-19-20(16,17)13-9-7-12(2)8-10-13/h7-10H,3-6,11H2,1-2H3. The van der Waals surface area contributed by atoms with Crippen molar-refractivity contribution in [3.05, 3.63) is 29.8 Å². The van der Waals surface area contributed by atoms with Crippen molar-refractivity contribution >= 4 is 16.1 Å². The third-order valence-corrected chi connectivity index (χ3v) is 3.96. The fourth-order valence-electron chi connectivity index (χ4n) is 1.55. The second kappa shape index (κ2) is 8.01. The molecule has 0 N–H and O–H groups in total. The smallest absolute Gasteiger partial charge is 0.305 e. The Morgan fingerprint density at radius 1 is 1.15 bits per heavy atom. The van der Waals surface area contributed by atoms with Crippen molar-refractivity contribution in [3.8, 4) is 0 Å². The van der Waals surface area contributed by atoms with Crippen LogP contribution in [0.4, 0.5) is 0 Å². The Labute approximate surface area is 120 Å². The van der Waals surface area contributed by atoms with E-state index in [9.17, 15) is 13.2 Å². The van der Waals surface area contributed by atoms with E-state index in [1.165, 1.54) is 12.1 Å². The minimum Gasteiger partial charge on any atom is -0.466 e. The van der Waals surface area contributed by atoms with Gasteiger partial charge in [0.15, 0.2) is 0 Å². The number of carbonyl (C=O) groups is 1. The third-order valence-electron chi connectivity index (χ3n) is 2.63. The van der Waals surface area contributed by atoms with Gasteiger partial charge in [-0.1, -0.05) is 17.7 Å². The van der Waals surface area contributed by atoms with Gasteiger partial charge in [0.1, 0.15) is 0 Å². The molecule has 0 aliphatic carbocycles. The van der Waals surface area contributed by atoms with Crippen LogP contribution in [0, 0.1) is 6.92 Å². The third kappa shape index (κ3) is 5.71. The van der Waals surface area contributed by atoms with Crippen LogP contribution in [0.15, 0.2) is 29.2 Å². The van der Waals surface area contributed by atoms with E-state index < -0.39 is 10.1 Å². The van der Waals surface area contributed by atoms with Crippen molar-refractivity contribution < 1.29 is 22.1 Å². The highest BCUT2D eigenvalue weighted by Gasteiger charge is 2.14. The molecule has 1 aromatic carbocycles. The Morgan fingerprint density at radius 2 is 1.80 bits per heavy atom. The summed E-state index contributed by atoms with van der Waals surface area (Å²) in [6.07, 6.45) is 1.31. The molecular weight excluding hydrogens is 280 g/mol. The predicted molar refractivity (Wildman–Crippen MR) is 74.8 cm³/mol. The van der Waals surface area contributed by atoms with Gasteiger partial charge in [-0.05, 0) is 38.8 Å². The number of aryl methyl sites for hydroxylation is 1. The molecule has 6 heteroatoms. The van der Waals surface area contributed by atoms with Gasteiger partial charge in [-0.3, -0.25) is 8.98 Å². The van der Waals surface area contributed by atoms with Crippen molar-refractivity contribution in [2.45, 2.75) is 38.0 Å². The molecule has 0 saturated carbocycles. The number of benzene rings is 1. The monoisotopic (exact) mass is 300 g/mol. The number of unbranched alkanes of at least 4 members (excludes halogenated alkanes) is 1. The fraction of sp³-hybridized carbons (Fsp3) is 0.500. The van der Waals surface area contributed by atoms with Crippen LogP contribution in [0.2, 0.25) is 0 Å². The molecule has 0 aliphatic heterocycles. The molecule has 0 atom stereocenters. The molecule has 20 heavy (non-hydrogen) atoms. The summed E-state index contributed by atoms with van der Waals surface area (Å²) >= 11 is 0. The largest absolute Gasteiger partial charge is 0.466 e. The van der Waals surface area contributed by atoms with Crippen LogP contribution in [-0.4, -0.2) is 27.6 Å².